The number of amides is 1. The fourth-order valence-corrected chi connectivity index (χ4v) is 1.82. The van der Waals surface area contributed by atoms with Gasteiger partial charge in [-0.25, -0.2) is 4.79 Å². The molecule has 0 aliphatic carbocycles. The van der Waals surface area contributed by atoms with E-state index in [4.69, 9.17) is 4.74 Å². The van der Waals surface area contributed by atoms with Gasteiger partial charge in [0.1, 0.15) is 12.1 Å². The standard InChI is InChI=1S/C16H23NO4/c1-3-4-10-21-12(2)15(18)17-14(16(19)20)11-13-8-6-5-7-9-13/h5-9,12,14H,3-4,10-11H2,1-2H3,(H,17,18)(H,19,20)/t12?,14-/m1/s1. The number of unbranched alkanes of at least 4 members (excludes halogenated alkanes) is 1. The van der Waals surface area contributed by atoms with Crippen molar-refractivity contribution in [3.8, 4) is 0 Å². The zero-order valence-corrected chi connectivity index (χ0v) is 12.5. The molecule has 21 heavy (non-hydrogen) atoms. The first-order chi connectivity index (χ1) is 10.0. The van der Waals surface area contributed by atoms with Crippen LogP contribution in [0.4, 0.5) is 0 Å². The van der Waals surface area contributed by atoms with Crippen LogP contribution in [0.25, 0.3) is 0 Å². The fourth-order valence-electron chi connectivity index (χ4n) is 1.82. The molecule has 0 saturated carbocycles. The number of rotatable bonds is 9. The Morgan fingerprint density at radius 1 is 1.29 bits per heavy atom. The number of hydrogen-bond acceptors (Lipinski definition) is 3. The third-order valence-electron chi connectivity index (χ3n) is 3.13. The Balaban J connectivity index is 2.54. The molecule has 0 spiro atoms. The summed E-state index contributed by atoms with van der Waals surface area (Å²) in [6.07, 6.45) is 1.47. The summed E-state index contributed by atoms with van der Waals surface area (Å²) < 4.78 is 5.37. The summed E-state index contributed by atoms with van der Waals surface area (Å²) in [5, 5.41) is 11.8. The van der Waals surface area contributed by atoms with Gasteiger partial charge in [0.2, 0.25) is 5.91 Å². The molecule has 0 aliphatic rings. The van der Waals surface area contributed by atoms with Crippen molar-refractivity contribution in [3.05, 3.63) is 35.9 Å². The lowest BCUT2D eigenvalue weighted by atomic mass is 10.1. The first-order valence-corrected chi connectivity index (χ1v) is 7.23. The molecule has 0 radical (unpaired) electrons. The highest BCUT2D eigenvalue weighted by molar-refractivity contribution is 5.86. The van der Waals surface area contributed by atoms with Crippen molar-refractivity contribution < 1.29 is 19.4 Å². The summed E-state index contributed by atoms with van der Waals surface area (Å²) >= 11 is 0. The molecule has 0 fully saturated rings. The monoisotopic (exact) mass is 293 g/mol. The third-order valence-corrected chi connectivity index (χ3v) is 3.13. The maximum atomic E-state index is 11.9. The Morgan fingerprint density at radius 3 is 2.52 bits per heavy atom. The van der Waals surface area contributed by atoms with E-state index in [1.807, 2.05) is 37.3 Å². The second-order valence-corrected chi connectivity index (χ2v) is 4.96. The van der Waals surface area contributed by atoms with Crippen LogP contribution in [0.3, 0.4) is 0 Å². The highest BCUT2D eigenvalue weighted by Gasteiger charge is 2.23. The van der Waals surface area contributed by atoms with Crippen LogP contribution < -0.4 is 5.32 Å². The highest BCUT2D eigenvalue weighted by Crippen LogP contribution is 2.04. The molecule has 5 nitrogen and oxygen atoms in total. The van der Waals surface area contributed by atoms with Crippen molar-refractivity contribution in [3.63, 3.8) is 0 Å². The number of hydrogen-bond donors (Lipinski definition) is 2. The van der Waals surface area contributed by atoms with Gasteiger partial charge < -0.3 is 15.2 Å². The van der Waals surface area contributed by atoms with E-state index in [1.54, 1.807) is 6.92 Å². The van der Waals surface area contributed by atoms with Crippen molar-refractivity contribution in [2.75, 3.05) is 6.61 Å². The van der Waals surface area contributed by atoms with Gasteiger partial charge in [-0.1, -0.05) is 43.7 Å². The lowest BCUT2D eigenvalue weighted by molar-refractivity contribution is -0.144. The third kappa shape index (κ3) is 6.40. The molecule has 0 aliphatic heterocycles. The number of carbonyl (C=O) groups is 2. The van der Waals surface area contributed by atoms with Crippen molar-refractivity contribution in [1.82, 2.24) is 5.32 Å². The normalized spacial score (nSPS) is 13.4. The zero-order chi connectivity index (χ0) is 15.7. The number of carboxylic acid groups (broad SMARTS) is 1. The van der Waals surface area contributed by atoms with Gasteiger partial charge in [-0.05, 0) is 18.9 Å². The van der Waals surface area contributed by atoms with E-state index in [0.717, 1.165) is 18.4 Å². The molecule has 0 heterocycles. The Hall–Kier alpha value is -1.88. The Labute approximate surface area is 125 Å². The number of carbonyl (C=O) groups excluding carboxylic acids is 1. The molecule has 2 N–H and O–H groups in total. The van der Waals surface area contributed by atoms with Crippen LogP contribution in [0.2, 0.25) is 0 Å². The number of aliphatic carboxylic acids is 1. The molecule has 0 aromatic heterocycles. The van der Waals surface area contributed by atoms with E-state index in [1.165, 1.54) is 0 Å². The van der Waals surface area contributed by atoms with Gasteiger partial charge in [0.05, 0.1) is 0 Å². The lowest BCUT2D eigenvalue weighted by Gasteiger charge is -2.18. The predicted molar refractivity (Wildman–Crippen MR) is 80.0 cm³/mol. The van der Waals surface area contributed by atoms with Crippen molar-refractivity contribution >= 4 is 11.9 Å². The zero-order valence-electron chi connectivity index (χ0n) is 12.5. The average Bonchev–Trinajstić information content (AvgIpc) is 2.47. The largest absolute Gasteiger partial charge is 0.480 e. The molecule has 5 heteroatoms. The molecule has 0 bridgehead atoms. The summed E-state index contributed by atoms with van der Waals surface area (Å²) in [4.78, 5) is 23.2. The van der Waals surface area contributed by atoms with E-state index in [9.17, 15) is 14.7 Å². The number of benzene rings is 1. The number of ether oxygens (including phenoxy) is 1. The summed E-state index contributed by atoms with van der Waals surface area (Å²) in [5.74, 6) is -1.44. The first kappa shape index (κ1) is 17.2. The molecule has 1 rings (SSSR count). The Kier molecular flexibility index (Phi) is 7.46. The number of nitrogens with one attached hydrogen (secondary N) is 1. The van der Waals surface area contributed by atoms with Crippen molar-refractivity contribution in [2.45, 2.75) is 45.3 Å². The molecule has 1 aromatic carbocycles. The molecular weight excluding hydrogens is 270 g/mol. The second kappa shape index (κ2) is 9.13. The van der Waals surface area contributed by atoms with Gasteiger partial charge >= 0.3 is 5.97 Å². The van der Waals surface area contributed by atoms with Crippen LogP contribution in [0.15, 0.2) is 30.3 Å². The van der Waals surface area contributed by atoms with Gasteiger partial charge in [0.25, 0.3) is 0 Å². The molecule has 116 valence electrons. The van der Waals surface area contributed by atoms with Gasteiger partial charge in [-0.2, -0.15) is 0 Å². The minimum Gasteiger partial charge on any atom is -0.480 e. The quantitative estimate of drug-likeness (QED) is 0.683. The average molecular weight is 293 g/mol. The van der Waals surface area contributed by atoms with Crippen LogP contribution in [0.5, 0.6) is 0 Å². The Bertz CT molecular complexity index is 447. The van der Waals surface area contributed by atoms with Gasteiger partial charge in [0, 0.05) is 13.0 Å². The topological polar surface area (TPSA) is 75.6 Å². The van der Waals surface area contributed by atoms with Crippen LogP contribution >= 0.6 is 0 Å². The van der Waals surface area contributed by atoms with Gasteiger partial charge in [-0.3, -0.25) is 4.79 Å². The highest BCUT2D eigenvalue weighted by atomic mass is 16.5. The van der Waals surface area contributed by atoms with Crippen LogP contribution in [0.1, 0.15) is 32.3 Å². The predicted octanol–water partition coefficient (Wildman–Crippen LogP) is 2.00. The summed E-state index contributed by atoms with van der Waals surface area (Å²) in [5.41, 5.74) is 0.866. The summed E-state index contributed by atoms with van der Waals surface area (Å²) in [6.45, 7) is 4.17. The van der Waals surface area contributed by atoms with Gasteiger partial charge in [0.15, 0.2) is 0 Å². The molecule has 1 amide bonds. The molecule has 1 unspecified atom stereocenters. The van der Waals surface area contributed by atoms with E-state index in [2.05, 4.69) is 5.32 Å². The minimum atomic E-state index is -1.05. The number of carboxylic acids is 1. The van der Waals surface area contributed by atoms with E-state index < -0.39 is 24.0 Å². The van der Waals surface area contributed by atoms with Crippen LogP contribution in [-0.4, -0.2) is 35.7 Å². The van der Waals surface area contributed by atoms with E-state index >= 15 is 0 Å². The minimum absolute atomic E-state index is 0.254. The van der Waals surface area contributed by atoms with E-state index in [-0.39, 0.29) is 6.42 Å². The smallest absolute Gasteiger partial charge is 0.326 e. The van der Waals surface area contributed by atoms with Crippen LogP contribution in [-0.2, 0) is 20.7 Å². The molecule has 0 saturated heterocycles. The van der Waals surface area contributed by atoms with Gasteiger partial charge in [-0.15, -0.1) is 0 Å². The lowest BCUT2D eigenvalue weighted by Crippen LogP contribution is -2.46. The second-order valence-electron chi connectivity index (χ2n) is 4.96. The maximum Gasteiger partial charge on any atom is 0.326 e. The maximum absolute atomic E-state index is 11.9. The molecule has 2 atom stereocenters. The Morgan fingerprint density at radius 2 is 1.95 bits per heavy atom. The molecule has 1 aromatic rings. The van der Waals surface area contributed by atoms with Crippen molar-refractivity contribution in [2.24, 2.45) is 0 Å². The van der Waals surface area contributed by atoms with Crippen LogP contribution in [0, 0.1) is 0 Å². The van der Waals surface area contributed by atoms with Crippen molar-refractivity contribution in [1.29, 1.82) is 0 Å². The SMILES string of the molecule is CCCCOC(C)C(=O)N[C@H](Cc1ccccc1)C(=O)O. The summed E-state index contributed by atoms with van der Waals surface area (Å²) in [6, 6.07) is 8.27. The molecular formula is C16H23NO4. The first-order valence-electron chi connectivity index (χ1n) is 7.23. The summed E-state index contributed by atoms with van der Waals surface area (Å²) in [7, 11) is 0. The van der Waals surface area contributed by atoms with E-state index in [0.29, 0.717) is 6.61 Å². The fraction of sp³-hybridized carbons (Fsp3) is 0.500.